The van der Waals surface area contributed by atoms with Crippen LogP contribution in [0.25, 0.3) is 0 Å². The molecule has 1 N–H and O–H groups in total. The minimum absolute atomic E-state index is 0.102. The summed E-state index contributed by atoms with van der Waals surface area (Å²) < 4.78 is 0. The predicted octanol–water partition coefficient (Wildman–Crippen LogP) is 3.50. The first kappa shape index (κ1) is 12.9. The Kier molecular flexibility index (Phi) is 2.38. The van der Waals surface area contributed by atoms with Crippen molar-refractivity contribution < 1.29 is 9.90 Å². The van der Waals surface area contributed by atoms with Crippen molar-refractivity contribution in [3.63, 3.8) is 0 Å². The highest BCUT2D eigenvalue weighted by molar-refractivity contribution is 5.76. The Bertz CT molecular complexity index is 649. The number of carbonyl (C=O) groups is 1. The van der Waals surface area contributed by atoms with E-state index >= 15 is 0 Å². The molecule has 4 unspecified atom stereocenters. The van der Waals surface area contributed by atoms with Gasteiger partial charge in [-0.3, -0.25) is 4.79 Å². The van der Waals surface area contributed by atoms with E-state index in [0.717, 1.165) is 25.7 Å². The molecule has 4 bridgehead atoms. The van der Waals surface area contributed by atoms with E-state index in [1.807, 2.05) is 18.2 Å². The van der Waals surface area contributed by atoms with E-state index in [2.05, 4.69) is 18.2 Å². The first-order chi connectivity index (χ1) is 10.0. The van der Waals surface area contributed by atoms with Crippen molar-refractivity contribution >= 4 is 5.97 Å². The van der Waals surface area contributed by atoms with Crippen molar-refractivity contribution in [2.75, 3.05) is 0 Å². The fourth-order valence-corrected chi connectivity index (χ4v) is 5.91. The second-order valence-electron chi connectivity index (χ2n) is 7.63. The zero-order valence-electron chi connectivity index (χ0n) is 12.0. The Balaban J connectivity index is 1.87. The van der Waals surface area contributed by atoms with Gasteiger partial charge >= 0.3 is 5.97 Å². The Hall–Kier alpha value is -1.82. The molecule has 0 heterocycles. The number of nitrogens with zero attached hydrogens (tertiary/aromatic N) is 1. The molecule has 4 aliphatic carbocycles. The van der Waals surface area contributed by atoms with Gasteiger partial charge in [-0.25, -0.2) is 0 Å². The molecule has 5 rings (SSSR count). The lowest BCUT2D eigenvalue weighted by atomic mass is 9.39. The number of hydrogen-bond donors (Lipinski definition) is 1. The summed E-state index contributed by atoms with van der Waals surface area (Å²) in [7, 11) is 0. The predicted molar refractivity (Wildman–Crippen MR) is 77.4 cm³/mol. The van der Waals surface area contributed by atoms with Gasteiger partial charge in [0, 0.05) is 0 Å². The number of carboxylic acids is 1. The van der Waals surface area contributed by atoms with Crippen molar-refractivity contribution in [3.05, 3.63) is 35.9 Å². The third-order valence-corrected chi connectivity index (χ3v) is 6.15. The van der Waals surface area contributed by atoms with E-state index in [9.17, 15) is 15.2 Å². The molecular weight excluding hydrogens is 262 g/mol. The fraction of sp³-hybridized carbons (Fsp3) is 0.556. The average Bonchev–Trinajstić information content (AvgIpc) is 2.47. The van der Waals surface area contributed by atoms with Crippen LogP contribution in [-0.4, -0.2) is 11.1 Å². The van der Waals surface area contributed by atoms with E-state index in [0.29, 0.717) is 18.8 Å². The maximum absolute atomic E-state index is 12.0. The first-order valence-electron chi connectivity index (χ1n) is 7.72. The van der Waals surface area contributed by atoms with Gasteiger partial charge in [0.15, 0.2) is 0 Å². The molecule has 3 nitrogen and oxygen atoms in total. The average molecular weight is 281 g/mol. The Morgan fingerprint density at radius 1 is 1.14 bits per heavy atom. The van der Waals surface area contributed by atoms with Crippen LogP contribution in [0.1, 0.15) is 44.1 Å². The van der Waals surface area contributed by atoms with E-state index in [1.54, 1.807) is 0 Å². The molecule has 4 atom stereocenters. The maximum atomic E-state index is 12.0. The molecule has 0 spiro atoms. The standard InChI is InChI=1S/C18H19NO2/c19-12-16-6-13-7-17(9-16,14-4-2-1-3-5-14)11-18(8-13,10-16)15(20)21/h1-5,13H,6-11H2,(H,20,21). The molecule has 0 aromatic heterocycles. The molecule has 0 radical (unpaired) electrons. The highest BCUT2D eigenvalue weighted by atomic mass is 16.4. The number of benzene rings is 1. The van der Waals surface area contributed by atoms with Crippen molar-refractivity contribution in [2.24, 2.45) is 16.7 Å². The quantitative estimate of drug-likeness (QED) is 0.902. The van der Waals surface area contributed by atoms with Gasteiger partial charge in [0.2, 0.25) is 0 Å². The smallest absolute Gasteiger partial charge is 0.309 e. The van der Waals surface area contributed by atoms with Crippen molar-refractivity contribution in [1.82, 2.24) is 0 Å². The molecular formula is C18H19NO2. The Morgan fingerprint density at radius 2 is 1.90 bits per heavy atom. The van der Waals surface area contributed by atoms with E-state index in [-0.39, 0.29) is 5.41 Å². The highest BCUT2D eigenvalue weighted by Gasteiger charge is 2.66. The number of aliphatic carboxylic acids is 1. The van der Waals surface area contributed by atoms with Crippen LogP contribution in [0, 0.1) is 28.1 Å². The third-order valence-electron chi connectivity index (χ3n) is 6.15. The van der Waals surface area contributed by atoms with Gasteiger partial charge in [-0.1, -0.05) is 30.3 Å². The molecule has 4 fully saturated rings. The summed E-state index contributed by atoms with van der Waals surface area (Å²) >= 11 is 0. The van der Waals surface area contributed by atoms with E-state index in [4.69, 9.17) is 0 Å². The summed E-state index contributed by atoms with van der Waals surface area (Å²) in [6.45, 7) is 0. The van der Waals surface area contributed by atoms with Gasteiger partial charge in [-0.15, -0.1) is 0 Å². The minimum atomic E-state index is -0.688. The SMILES string of the molecule is N#CC12CC3CC(C(=O)O)(C1)CC(c1ccccc1)(C3)C2. The van der Waals surface area contributed by atoms with Crippen molar-refractivity contribution in [1.29, 1.82) is 5.26 Å². The van der Waals surface area contributed by atoms with Crippen LogP contribution in [0.4, 0.5) is 0 Å². The van der Waals surface area contributed by atoms with E-state index in [1.165, 1.54) is 5.56 Å². The van der Waals surface area contributed by atoms with Crippen LogP contribution in [0.15, 0.2) is 30.3 Å². The van der Waals surface area contributed by atoms with Gasteiger partial charge in [0.05, 0.1) is 16.9 Å². The van der Waals surface area contributed by atoms with Crippen LogP contribution < -0.4 is 0 Å². The normalized spacial score (nSPS) is 43.5. The second kappa shape index (κ2) is 3.88. The molecule has 1 aromatic carbocycles. The third kappa shape index (κ3) is 1.62. The molecule has 0 aliphatic heterocycles. The topological polar surface area (TPSA) is 61.1 Å². The van der Waals surface area contributed by atoms with Crippen LogP contribution in [-0.2, 0) is 10.2 Å². The molecule has 21 heavy (non-hydrogen) atoms. The number of carboxylic acid groups (broad SMARTS) is 1. The first-order valence-corrected chi connectivity index (χ1v) is 7.72. The number of hydrogen-bond acceptors (Lipinski definition) is 2. The van der Waals surface area contributed by atoms with Gasteiger partial charge in [0.25, 0.3) is 0 Å². The summed E-state index contributed by atoms with van der Waals surface area (Å²) in [6.07, 6.45) is 4.81. The van der Waals surface area contributed by atoms with E-state index < -0.39 is 16.8 Å². The summed E-state index contributed by atoms with van der Waals surface area (Å²) in [5.74, 6) is -0.302. The van der Waals surface area contributed by atoms with Gasteiger partial charge < -0.3 is 5.11 Å². The Morgan fingerprint density at radius 3 is 2.57 bits per heavy atom. The van der Waals surface area contributed by atoms with Gasteiger partial charge in [-0.2, -0.15) is 5.26 Å². The van der Waals surface area contributed by atoms with Crippen LogP contribution >= 0.6 is 0 Å². The lowest BCUT2D eigenvalue weighted by Gasteiger charge is -2.63. The largest absolute Gasteiger partial charge is 0.481 e. The van der Waals surface area contributed by atoms with Crippen molar-refractivity contribution in [3.8, 4) is 6.07 Å². The zero-order chi connectivity index (χ0) is 14.7. The number of rotatable bonds is 2. The Labute approximate surface area is 124 Å². The monoisotopic (exact) mass is 281 g/mol. The molecule has 0 saturated heterocycles. The van der Waals surface area contributed by atoms with Gasteiger partial charge in [0.1, 0.15) is 0 Å². The van der Waals surface area contributed by atoms with Crippen LogP contribution in [0.5, 0.6) is 0 Å². The minimum Gasteiger partial charge on any atom is -0.481 e. The summed E-state index contributed by atoms with van der Waals surface area (Å²) in [5, 5.41) is 19.6. The van der Waals surface area contributed by atoms with Gasteiger partial charge in [-0.05, 0) is 55.4 Å². The molecule has 4 saturated carbocycles. The lowest BCUT2D eigenvalue weighted by molar-refractivity contribution is -0.172. The fourth-order valence-electron chi connectivity index (χ4n) is 5.91. The summed E-state index contributed by atoms with van der Waals surface area (Å²) in [6, 6.07) is 12.8. The summed E-state index contributed by atoms with van der Waals surface area (Å²) in [4.78, 5) is 12.0. The maximum Gasteiger partial charge on any atom is 0.309 e. The van der Waals surface area contributed by atoms with Crippen LogP contribution in [0.3, 0.4) is 0 Å². The molecule has 3 heteroatoms. The molecule has 0 amide bonds. The summed E-state index contributed by atoms with van der Waals surface area (Å²) in [5.41, 5.74) is 0.0345. The second-order valence-corrected chi connectivity index (χ2v) is 7.63. The van der Waals surface area contributed by atoms with Crippen LogP contribution in [0.2, 0.25) is 0 Å². The molecule has 1 aromatic rings. The lowest BCUT2D eigenvalue weighted by Crippen LogP contribution is -2.60. The molecule has 4 aliphatic rings. The molecule has 108 valence electrons. The highest BCUT2D eigenvalue weighted by Crippen LogP contribution is 2.69. The number of nitriles is 1. The zero-order valence-corrected chi connectivity index (χ0v) is 12.0. The van der Waals surface area contributed by atoms with Crippen molar-refractivity contribution in [2.45, 2.75) is 43.9 Å².